The van der Waals surface area contributed by atoms with Crippen LogP contribution in [0, 0.1) is 11.6 Å². The van der Waals surface area contributed by atoms with Gasteiger partial charge in [-0.05, 0) is 32.0 Å². The van der Waals surface area contributed by atoms with E-state index in [4.69, 9.17) is 4.74 Å². The van der Waals surface area contributed by atoms with Crippen molar-refractivity contribution in [2.24, 2.45) is 0 Å². The van der Waals surface area contributed by atoms with Crippen molar-refractivity contribution in [2.75, 3.05) is 32.8 Å². The van der Waals surface area contributed by atoms with Crippen molar-refractivity contribution >= 4 is 11.8 Å². The minimum absolute atomic E-state index is 0.103. The van der Waals surface area contributed by atoms with E-state index >= 15 is 0 Å². The Morgan fingerprint density at radius 2 is 1.74 bits per heavy atom. The predicted octanol–water partition coefficient (Wildman–Crippen LogP) is 1.67. The Morgan fingerprint density at radius 3 is 2.30 bits per heavy atom. The summed E-state index contributed by atoms with van der Waals surface area (Å²) in [6, 6.07) is 3.09. The zero-order valence-corrected chi connectivity index (χ0v) is 13.2. The summed E-state index contributed by atoms with van der Waals surface area (Å²) in [6.45, 7) is 5.47. The predicted molar refractivity (Wildman–Crippen MR) is 79.9 cm³/mol. The van der Waals surface area contributed by atoms with Gasteiger partial charge >= 0.3 is 0 Å². The normalized spacial score (nSPS) is 16.3. The molecule has 0 aliphatic carbocycles. The van der Waals surface area contributed by atoms with Gasteiger partial charge in [-0.25, -0.2) is 8.78 Å². The molecule has 23 heavy (non-hydrogen) atoms. The van der Waals surface area contributed by atoms with Gasteiger partial charge in [0.1, 0.15) is 6.10 Å². The van der Waals surface area contributed by atoms with Crippen molar-refractivity contribution in [2.45, 2.75) is 20.0 Å². The molecule has 0 spiro atoms. The number of piperazine rings is 1. The third-order valence-corrected chi connectivity index (χ3v) is 3.81. The summed E-state index contributed by atoms with van der Waals surface area (Å²) < 4.78 is 31.4. The Labute approximate surface area is 133 Å². The van der Waals surface area contributed by atoms with Crippen molar-refractivity contribution in [3.8, 4) is 0 Å². The van der Waals surface area contributed by atoms with Crippen LogP contribution < -0.4 is 0 Å². The van der Waals surface area contributed by atoms with Gasteiger partial charge in [0, 0.05) is 38.3 Å². The number of hydrogen-bond acceptors (Lipinski definition) is 3. The molecular formula is C16H20F2N2O3. The number of hydrogen-bond donors (Lipinski definition) is 0. The van der Waals surface area contributed by atoms with E-state index < -0.39 is 17.7 Å². The Morgan fingerprint density at radius 1 is 1.13 bits per heavy atom. The van der Waals surface area contributed by atoms with E-state index in [1.165, 1.54) is 11.0 Å². The molecule has 1 aliphatic rings. The Bertz CT molecular complexity index is 587. The quantitative estimate of drug-likeness (QED) is 0.846. The number of amides is 2. The van der Waals surface area contributed by atoms with Gasteiger partial charge in [0.2, 0.25) is 0 Å². The number of halogens is 2. The summed E-state index contributed by atoms with van der Waals surface area (Å²) in [5.74, 6) is -2.50. The molecule has 0 aromatic heterocycles. The van der Waals surface area contributed by atoms with Crippen molar-refractivity contribution in [3.63, 3.8) is 0 Å². The Hall–Kier alpha value is -2.02. The number of ether oxygens (including phenoxy) is 1. The molecule has 1 heterocycles. The minimum Gasteiger partial charge on any atom is -0.369 e. The third kappa shape index (κ3) is 4.04. The summed E-state index contributed by atoms with van der Waals surface area (Å²) in [6.07, 6.45) is -0.506. The fraction of sp³-hybridized carbons (Fsp3) is 0.500. The molecule has 0 radical (unpaired) electrons. The first-order valence-electron chi connectivity index (χ1n) is 7.58. The van der Waals surface area contributed by atoms with Crippen LogP contribution >= 0.6 is 0 Å². The Kier molecular flexibility index (Phi) is 5.65. The van der Waals surface area contributed by atoms with E-state index in [0.717, 1.165) is 12.1 Å². The summed E-state index contributed by atoms with van der Waals surface area (Å²) in [5.41, 5.74) is 0.103. The third-order valence-electron chi connectivity index (χ3n) is 3.81. The van der Waals surface area contributed by atoms with Crippen LogP contribution in [0.25, 0.3) is 0 Å². The van der Waals surface area contributed by atoms with Crippen molar-refractivity contribution < 1.29 is 23.1 Å². The first-order chi connectivity index (χ1) is 10.9. The van der Waals surface area contributed by atoms with Crippen LogP contribution in [0.2, 0.25) is 0 Å². The van der Waals surface area contributed by atoms with Crippen LogP contribution in [0.4, 0.5) is 8.78 Å². The first-order valence-corrected chi connectivity index (χ1v) is 7.58. The van der Waals surface area contributed by atoms with E-state index in [-0.39, 0.29) is 17.4 Å². The number of carbonyl (C=O) groups is 2. The van der Waals surface area contributed by atoms with Crippen LogP contribution in [0.15, 0.2) is 18.2 Å². The van der Waals surface area contributed by atoms with Crippen LogP contribution in [0.1, 0.15) is 24.2 Å². The van der Waals surface area contributed by atoms with Gasteiger partial charge in [-0.1, -0.05) is 0 Å². The van der Waals surface area contributed by atoms with E-state index in [0.29, 0.717) is 32.8 Å². The van der Waals surface area contributed by atoms with Gasteiger partial charge in [0.05, 0.1) is 0 Å². The molecule has 1 aromatic rings. The molecule has 126 valence electrons. The highest BCUT2D eigenvalue weighted by atomic mass is 19.2. The molecule has 5 nitrogen and oxygen atoms in total. The lowest BCUT2D eigenvalue weighted by Crippen LogP contribution is -2.52. The van der Waals surface area contributed by atoms with Crippen LogP contribution in [-0.2, 0) is 9.53 Å². The zero-order valence-electron chi connectivity index (χ0n) is 13.2. The number of rotatable bonds is 4. The van der Waals surface area contributed by atoms with Gasteiger partial charge < -0.3 is 14.5 Å². The summed E-state index contributed by atoms with van der Waals surface area (Å²) in [7, 11) is 0. The summed E-state index contributed by atoms with van der Waals surface area (Å²) >= 11 is 0. The standard InChI is InChI=1S/C16H20F2N2O3/c1-3-23-11(2)15(21)19-6-8-20(9-7-19)16(22)12-4-5-13(17)14(18)10-12/h4-5,10-11H,3,6-9H2,1-2H3/t11-/m1/s1. The second-order valence-electron chi connectivity index (χ2n) is 5.34. The fourth-order valence-electron chi connectivity index (χ4n) is 2.52. The first kappa shape index (κ1) is 17.3. The minimum atomic E-state index is -1.05. The SMILES string of the molecule is CCO[C@H](C)C(=O)N1CCN(C(=O)c2ccc(F)c(F)c2)CC1. The van der Waals surface area contributed by atoms with E-state index in [1.54, 1.807) is 11.8 Å². The van der Waals surface area contributed by atoms with Crippen LogP contribution in [0.3, 0.4) is 0 Å². The maximum absolute atomic E-state index is 13.2. The highest BCUT2D eigenvalue weighted by molar-refractivity contribution is 5.94. The monoisotopic (exact) mass is 326 g/mol. The number of benzene rings is 1. The van der Waals surface area contributed by atoms with E-state index in [1.807, 2.05) is 6.92 Å². The smallest absolute Gasteiger partial charge is 0.254 e. The van der Waals surface area contributed by atoms with Gasteiger partial charge in [-0.2, -0.15) is 0 Å². The van der Waals surface area contributed by atoms with E-state index in [2.05, 4.69) is 0 Å². The highest BCUT2D eigenvalue weighted by Gasteiger charge is 2.27. The average Bonchev–Trinajstić information content (AvgIpc) is 2.56. The van der Waals surface area contributed by atoms with Gasteiger partial charge in [0.15, 0.2) is 11.6 Å². The number of carbonyl (C=O) groups excluding carboxylic acids is 2. The van der Waals surface area contributed by atoms with Crippen LogP contribution in [0.5, 0.6) is 0 Å². The van der Waals surface area contributed by atoms with Gasteiger partial charge in [-0.3, -0.25) is 9.59 Å². The second-order valence-corrected chi connectivity index (χ2v) is 5.34. The Balaban J connectivity index is 1.94. The summed E-state index contributed by atoms with van der Waals surface area (Å²) in [5, 5.41) is 0. The lowest BCUT2D eigenvalue weighted by Gasteiger charge is -2.35. The van der Waals surface area contributed by atoms with Crippen LogP contribution in [-0.4, -0.2) is 60.5 Å². The maximum atomic E-state index is 13.2. The molecule has 2 rings (SSSR count). The topological polar surface area (TPSA) is 49.9 Å². The second kappa shape index (κ2) is 7.50. The maximum Gasteiger partial charge on any atom is 0.254 e. The fourth-order valence-corrected chi connectivity index (χ4v) is 2.52. The average molecular weight is 326 g/mol. The molecule has 2 amide bonds. The molecule has 1 aromatic carbocycles. The molecule has 1 saturated heterocycles. The molecule has 0 N–H and O–H groups in total. The van der Waals surface area contributed by atoms with E-state index in [9.17, 15) is 18.4 Å². The molecule has 1 fully saturated rings. The van der Waals surface area contributed by atoms with Gasteiger partial charge in [-0.15, -0.1) is 0 Å². The zero-order chi connectivity index (χ0) is 17.0. The summed E-state index contributed by atoms with van der Waals surface area (Å²) in [4.78, 5) is 27.6. The van der Waals surface area contributed by atoms with Crippen molar-refractivity contribution in [3.05, 3.63) is 35.4 Å². The molecular weight excluding hydrogens is 306 g/mol. The molecule has 1 atom stereocenters. The van der Waals surface area contributed by atoms with Crippen molar-refractivity contribution in [1.82, 2.24) is 9.80 Å². The molecule has 0 saturated carbocycles. The lowest BCUT2D eigenvalue weighted by atomic mass is 10.1. The molecule has 7 heteroatoms. The largest absolute Gasteiger partial charge is 0.369 e. The lowest BCUT2D eigenvalue weighted by molar-refractivity contribution is -0.143. The van der Waals surface area contributed by atoms with Crippen molar-refractivity contribution in [1.29, 1.82) is 0 Å². The molecule has 0 bridgehead atoms. The molecule has 0 unspecified atom stereocenters. The molecule has 1 aliphatic heterocycles. The van der Waals surface area contributed by atoms with Gasteiger partial charge in [0.25, 0.3) is 11.8 Å². The number of nitrogens with zero attached hydrogens (tertiary/aromatic N) is 2. The highest BCUT2D eigenvalue weighted by Crippen LogP contribution is 2.13.